The maximum Gasteiger partial charge on any atom is 0.264 e. The molecule has 0 spiro atoms. The topological polar surface area (TPSA) is 74.8 Å². The summed E-state index contributed by atoms with van der Waals surface area (Å²) in [6.07, 6.45) is 2.40. The van der Waals surface area contributed by atoms with Gasteiger partial charge < -0.3 is 19.9 Å². The number of halogens is 1. The van der Waals surface area contributed by atoms with Gasteiger partial charge in [-0.3, -0.25) is 14.6 Å². The van der Waals surface area contributed by atoms with Crippen LogP contribution in [0, 0.1) is 5.92 Å². The molecule has 2 fully saturated rings. The van der Waals surface area contributed by atoms with E-state index in [0.717, 1.165) is 57.2 Å². The number of nitrogens with zero attached hydrogens (tertiary/aromatic N) is 3. The quantitative estimate of drug-likeness (QED) is 0.579. The lowest BCUT2D eigenvalue weighted by molar-refractivity contribution is -0.138. The van der Waals surface area contributed by atoms with Crippen molar-refractivity contribution >= 4 is 45.0 Å². The summed E-state index contributed by atoms with van der Waals surface area (Å²) in [4.78, 5) is 34.9. The Morgan fingerprint density at radius 3 is 2.83 bits per heavy atom. The molecule has 2 saturated heterocycles. The molecule has 7 nitrogen and oxygen atoms in total. The first-order chi connectivity index (χ1) is 17.0. The number of piperazine rings is 1. The standard InChI is InChI=1S/C26H27ClN4O3S/c1-15-8-23(32)31(13-15)14-18-12-21-25(35-18)19(2-3-29-21)20-11-17(27)9-16-10-22(34-24(16)20)26(33)30-6-4-28-5-7-30/h2-3,9,11-12,15,22,28H,4-8,10,13-14H2,1H3/t15?,22-/m1/s1. The summed E-state index contributed by atoms with van der Waals surface area (Å²) in [6, 6.07) is 7.87. The normalized spacial score (nSPS) is 22.1. The third-order valence-corrected chi connectivity index (χ3v) is 8.37. The van der Waals surface area contributed by atoms with E-state index in [1.54, 1.807) is 17.5 Å². The Labute approximate surface area is 213 Å². The number of pyridine rings is 1. The SMILES string of the molecule is CC1CC(=O)N(Cc2cc3nccc(-c4cc(Cl)cc5c4O[C@@H](C(=O)N4CCNCC4)C5)c3s2)C1. The first-order valence-electron chi connectivity index (χ1n) is 12.1. The molecule has 1 N–H and O–H groups in total. The van der Waals surface area contributed by atoms with Crippen LogP contribution in [0.1, 0.15) is 23.8 Å². The minimum absolute atomic E-state index is 0.0348. The van der Waals surface area contributed by atoms with Crippen molar-refractivity contribution < 1.29 is 14.3 Å². The van der Waals surface area contributed by atoms with Crippen LogP contribution >= 0.6 is 22.9 Å². The Morgan fingerprint density at radius 2 is 2.06 bits per heavy atom. The van der Waals surface area contributed by atoms with E-state index in [9.17, 15) is 9.59 Å². The molecule has 0 saturated carbocycles. The molecule has 3 aromatic rings. The number of likely N-dealkylation sites (tertiary alicyclic amines) is 1. The lowest BCUT2D eigenvalue weighted by Gasteiger charge is -2.29. The number of benzene rings is 1. The molecule has 182 valence electrons. The highest BCUT2D eigenvalue weighted by atomic mass is 35.5. The van der Waals surface area contributed by atoms with Gasteiger partial charge in [-0.1, -0.05) is 18.5 Å². The molecule has 1 aromatic carbocycles. The minimum Gasteiger partial charge on any atom is -0.479 e. The fourth-order valence-electron chi connectivity index (χ4n) is 5.34. The molecule has 3 aliphatic rings. The Hall–Kier alpha value is -2.68. The number of hydrogen-bond donors (Lipinski definition) is 1. The zero-order valence-electron chi connectivity index (χ0n) is 19.6. The second kappa shape index (κ2) is 9.08. The number of nitrogens with one attached hydrogen (secondary N) is 1. The molecule has 0 aliphatic carbocycles. The lowest BCUT2D eigenvalue weighted by Crippen LogP contribution is -2.50. The van der Waals surface area contributed by atoms with Gasteiger partial charge in [-0.2, -0.15) is 0 Å². The third-order valence-electron chi connectivity index (χ3n) is 7.01. The Morgan fingerprint density at radius 1 is 1.23 bits per heavy atom. The summed E-state index contributed by atoms with van der Waals surface area (Å²) in [7, 11) is 0. The van der Waals surface area contributed by atoms with Gasteiger partial charge in [0.15, 0.2) is 6.10 Å². The van der Waals surface area contributed by atoms with Gasteiger partial charge in [0.1, 0.15) is 5.75 Å². The van der Waals surface area contributed by atoms with Gasteiger partial charge in [0.2, 0.25) is 5.91 Å². The van der Waals surface area contributed by atoms with Crippen molar-refractivity contribution in [2.24, 2.45) is 5.92 Å². The molecule has 2 amide bonds. The lowest BCUT2D eigenvalue weighted by atomic mass is 10.0. The highest BCUT2D eigenvalue weighted by Gasteiger charge is 2.35. The number of aromatic nitrogens is 1. The fourth-order valence-corrected chi connectivity index (χ4v) is 6.74. The fraction of sp³-hybridized carbons (Fsp3) is 0.423. The maximum absolute atomic E-state index is 13.1. The summed E-state index contributed by atoms with van der Waals surface area (Å²) in [5.41, 5.74) is 3.72. The van der Waals surface area contributed by atoms with Crippen molar-refractivity contribution in [3.05, 3.63) is 45.9 Å². The second-order valence-corrected chi connectivity index (χ2v) is 11.3. The summed E-state index contributed by atoms with van der Waals surface area (Å²) >= 11 is 8.19. The Balaban J connectivity index is 1.32. The first-order valence-corrected chi connectivity index (χ1v) is 13.3. The number of ether oxygens (including phenoxy) is 1. The van der Waals surface area contributed by atoms with Crippen LogP contribution in [0.25, 0.3) is 21.3 Å². The number of fused-ring (bicyclic) bond motifs is 2. The van der Waals surface area contributed by atoms with Gasteiger partial charge in [0, 0.05) is 78.4 Å². The van der Waals surface area contributed by atoms with Crippen molar-refractivity contribution in [1.29, 1.82) is 0 Å². The van der Waals surface area contributed by atoms with Crippen LogP contribution in [0.4, 0.5) is 0 Å². The van der Waals surface area contributed by atoms with Gasteiger partial charge in [0.25, 0.3) is 5.91 Å². The maximum atomic E-state index is 13.1. The summed E-state index contributed by atoms with van der Waals surface area (Å²) in [5.74, 6) is 1.37. The molecule has 2 atom stereocenters. The van der Waals surface area contributed by atoms with Crippen molar-refractivity contribution in [2.75, 3.05) is 32.7 Å². The minimum atomic E-state index is -0.528. The highest BCUT2D eigenvalue weighted by Crippen LogP contribution is 2.45. The van der Waals surface area contributed by atoms with E-state index in [1.165, 1.54) is 0 Å². The molecule has 3 aliphatic heterocycles. The van der Waals surface area contributed by atoms with Crippen LogP contribution in [0.5, 0.6) is 5.75 Å². The first kappa shape index (κ1) is 22.8. The molecule has 9 heteroatoms. The van der Waals surface area contributed by atoms with Gasteiger partial charge in [-0.15, -0.1) is 11.3 Å². The van der Waals surface area contributed by atoms with Crippen LogP contribution in [-0.4, -0.2) is 65.4 Å². The summed E-state index contributed by atoms with van der Waals surface area (Å²) in [6.45, 7) is 6.52. The Bertz CT molecular complexity index is 1320. The van der Waals surface area contributed by atoms with Gasteiger partial charge in [-0.25, -0.2) is 0 Å². The van der Waals surface area contributed by atoms with E-state index in [4.69, 9.17) is 16.3 Å². The molecule has 1 unspecified atom stereocenters. The number of thiophene rings is 1. The van der Waals surface area contributed by atoms with Gasteiger partial charge >= 0.3 is 0 Å². The van der Waals surface area contributed by atoms with E-state index in [0.29, 0.717) is 43.4 Å². The number of hydrogen-bond acceptors (Lipinski definition) is 6. The second-order valence-electron chi connectivity index (χ2n) is 9.70. The van der Waals surface area contributed by atoms with E-state index < -0.39 is 6.10 Å². The van der Waals surface area contributed by atoms with Crippen molar-refractivity contribution in [1.82, 2.24) is 20.1 Å². The van der Waals surface area contributed by atoms with Crippen molar-refractivity contribution in [2.45, 2.75) is 32.4 Å². The van der Waals surface area contributed by atoms with E-state index in [2.05, 4.69) is 23.3 Å². The van der Waals surface area contributed by atoms with Crippen LogP contribution < -0.4 is 10.1 Å². The van der Waals surface area contributed by atoms with Gasteiger partial charge in [-0.05, 0) is 30.2 Å². The average molecular weight is 511 g/mol. The predicted octanol–water partition coefficient (Wildman–Crippen LogP) is 3.72. The van der Waals surface area contributed by atoms with Gasteiger partial charge in [0.05, 0.1) is 16.8 Å². The highest BCUT2D eigenvalue weighted by molar-refractivity contribution is 7.19. The summed E-state index contributed by atoms with van der Waals surface area (Å²) < 4.78 is 7.35. The molecule has 0 bridgehead atoms. The zero-order valence-corrected chi connectivity index (χ0v) is 21.1. The van der Waals surface area contributed by atoms with Crippen LogP contribution in [0.15, 0.2) is 30.5 Å². The molecule has 35 heavy (non-hydrogen) atoms. The molecular weight excluding hydrogens is 484 g/mol. The number of amides is 2. The summed E-state index contributed by atoms with van der Waals surface area (Å²) in [5, 5.41) is 3.90. The smallest absolute Gasteiger partial charge is 0.264 e. The number of carbonyl (C=O) groups excluding carboxylic acids is 2. The molecule has 0 radical (unpaired) electrons. The van der Waals surface area contributed by atoms with Crippen LogP contribution in [-0.2, 0) is 22.6 Å². The largest absolute Gasteiger partial charge is 0.479 e. The van der Waals surface area contributed by atoms with Crippen molar-refractivity contribution in [3.63, 3.8) is 0 Å². The van der Waals surface area contributed by atoms with Crippen LogP contribution in [0.2, 0.25) is 5.02 Å². The zero-order chi connectivity index (χ0) is 24.1. The van der Waals surface area contributed by atoms with E-state index in [1.807, 2.05) is 28.0 Å². The average Bonchev–Trinajstić information content (AvgIpc) is 3.54. The molecule has 6 rings (SSSR count). The van der Waals surface area contributed by atoms with E-state index in [-0.39, 0.29) is 11.8 Å². The number of rotatable bonds is 4. The molecule has 5 heterocycles. The molecule has 2 aromatic heterocycles. The van der Waals surface area contributed by atoms with Crippen molar-refractivity contribution in [3.8, 4) is 16.9 Å². The number of carbonyl (C=O) groups is 2. The van der Waals surface area contributed by atoms with E-state index >= 15 is 0 Å². The molecular formula is C26H27ClN4O3S. The third kappa shape index (κ3) is 4.28. The Kier molecular flexibility index (Phi) is 5.90. The predicted molar refractivity (Wildman–Crippen MR) is 137 cm³/mol. The monoisotopic (exact) mass is 510 g/mol. The van der Waals surface area contributed by atoms with Crippen LogP contribution in [0.3, 0.4) is 0 Å².